The highest BCUT2D eigenvalue weighted by molar-refractivity contribution is 8.01. The van der Waals surface area contributed by atoms with Crippen LogP contribution >= 0.6 is 11.8 Å². The summed E-state index contributed by atoms with van der Waals surface area (Å²) in [6.45, 7) is 5.43. The molecule has 1 aliphatic rings. The molecule has 4 nitrogen and oxygen atoms in total. The van der Waals surface area contributed by atoms with Crippen molar-refractivity contribution in [3.63, 3.8) is 0 Å². The normalized spacial score (nSPS) is 21.0. The molecular formula is C18H21NO3S. The lowest BCUT2D eigenvalue weighted by Crippen LogP contribution is -2.21. The van der Waals surface area contributed by atoms with Gasteiger partial charge in [-0.05, 0) is 22.9 Å². The van der Waals surface area contributed by atoms with Gasteiger partial charge >= 0.3 is 5.97 Å². The Labute approximate surface area is 140 Å². The molecule has 0 aromatic heterocycles. The van der Waals surface area contributed by atoms with Crippen molar-refractivity contribution in [1.29, 1.82) is 0 Å². The molecule has 0 spiro atoms. The van der Waals surface area contributed by atoms with Gasteiger partial charge in [0.1, 0.15) is 11.0 Å². The van der Waals surface area contributed by atoms with E-state index < -0.39 is 11.2 Å². The smallest absolute Gasteiger partial charge is 0.318 e. The van der Waals surface area contributed by atoms with E-state index in [1.54, 1.807) is 0 Å². The maximum atomic E-state index is 11.2. The lowest BCUT2D eigenvalue weighted by molar-refractivity contribution is -0.136. The molecule has 2 aromatic carbocycles. The summed E-state index contributed by atoms with van der Waals surface area (Å²) in [6, 6.07) is 12.2. The Morgan fingerprint density at radius 1 is 1.30 bits per heavy atom. The first-order valence-electron chi connectivity index (χ1n) is 7.82. The number of ether oxygens (including phenoxy) is 1. The van der Waals surface area contributed by atoms with E-state index in [0.717, 1.165) is 22.1 Å². The number of fused-ring (bicyclic) bond motifs is 1. The zero-order chi connectivity index (χ0) is 16.4. The van der Waals surface area contributed by atoms with Crippen LogP contribution in [0.25, 0.3) is 10.8 Å². The molecule has 2 N–H and O–H groups in total. The van der Waals surface area contributed by atoms with Crippen LogP contribution in [0.5, 0.6) is 5.75 Å². The third-order valence-electron chi connectivity index (χ3n) is 3.84. The lowest BCUT2D eigenvalue weighted by Gasteiger charge is -2.17. The number of aliphatic carboxylic acids is 1. The Balaban J connectivity index is 1.94. The van der Waals surface area contributed by atoms with Gasteiger partial charge in [-0.15, -0.1) is 11.8 Å². The van der Waals surface area contributed by atoms with E-state index in [-0.39, 0.29) is 5.37 Å². The molecule has 0 amide bonds. The van der Waals surface area contributed by atoms with E-state index in [1.165, 1.54) is 11.8 Å². The summed E-state index contributed by atoms with van der Waals surface area (Å²) in [7, 11) is 0. The number of hydrogen-bond acceptors (Lipinski definition) is 4. The predicted molar refractivity (Wildman–Crippen MR) is 94.0 cm³/mol. The number of hydrogen-bond donors (Lipinski definition) is 2. The van der Waals surface area contributed by atoms with Crippen molar-refractivity contribution in [1.82, 2.24) is 5.32 Å². The molecule has 1 fully saturated rings. The van der Waals surface area contributed by atoms with Crippen molar-refractivity contribution in [2.24, 2.45) is 5.92 Å². The van der Waals surface area contributed by atoms with E-state index in [0.29, 0.717) is 19.1 Å². The van der Waals surface area contributed by atoms with Crippen LogP contribution in [0, 0.1) is 5.92 Å². The molecule has 122 valence electrons. The van der Waals surface area contributed by atoms with Crippen molar-refractivity contribution >= 4 is 28.5 Å². The molecular weight excluding hydrogens is 310 g/mol. The molecule has 1 saturated heterocycles. The molecule has 2 atom stereocenters. The minimum absolute atomic E-state index is 0.000138. The summed E-state index contributed by atoms with van der Waals surface area (Å²) in [5.41, 5.74) is 1.12. The maximum Gasteiger partial charge on any atom is 0.318 e. The number of rotatable bonds is 5. The van der Waals surface area contributed by atoms with Gasteiger partial charge in [0.25, 0.3) is 0 Å². The molecule has 23 heavy (non-hydrogen) atoms. The van der Waals surface area contributed by atoms with E-state index in [2.05, 4.69) is 31.3 Å². The van der Waals surface area contributed by atoms with Gasteiger partial charge in [-0.25, -0.2) is 0 Å². The van der Waals surface area contributed by atoms with Gasteiger partial charge < -0.3 is 9.84 Å². The topological polar surface area (TPSA) is 58.6 Å². The van der Waals surface area contributed by atoms with Gasteiger partial charge in [0.05, 0.1) is 12.0 Å². The van der Waals surface area contributed by atoms with Crippen LogP contribution in [-0.2, 0) is 4.79 Å². The monoisotopic (exact) mass is 331 g/mol. The summed E-state index contributed by atoms with van der Waals surface area (Å²) in [4.78, 5) is 11.2. The Kier molecular flexibility index (Phi) is 4.78. The van der Waals surface area contributed by atoms with Gasteiger partial charge in [0.2, 0.25) is 0 Å². The standard InChI is InChI=1S/C18H21NO3S/c1-11(2)10-22-15-8-7-14(12-5-3-4-6-13(12)15)17-19-9-16(23-17)18(20)21/h3-8,11,16-17,19H,9-10H2,1-2H3,(H,20,21)/t16-,17-/m1/s1. The van der Waals surface area contributed by atoms with Gasteiger partial charge in [-0.3, -0.25) is 10.1 Å². The number of nitrogens with one attached hydrogen (secondary N) is 1. The number of carbonyl (C=O) groups is 1. The Morgan fingerprint density at radius 3 is 2.70 bits per heavy atom. The second kappa shape index (κ2) is 6.81. The zero-order valence-electron chi connectivity index (χ0n) is 13.3. The fourth-order valence-electron chi connectivity index (χ4n) is 2.71. The highest BCUT2D eigenvalue weighted by atomic mass is 32.2. The van der Waals surface area contributed by atoms with Crippen molar-refractivity contribution < 1.29 is 14.6 Å². The zero-order valence-corrected chi connectivity index (χ0v) is 14.1. The molecule has 1 heterocycles. The van der Waals surface area contributed by atoms with Gasteiger partial charge in [0.15, 0.2) is 0 Å². The van der Waals surface area contributed by atoms with Crippen molar-refractivity contribution in [3.05, 3.63) is 42.0 Å². The summed E-state index contributed by atoms with van der Waals surface area (Å²) < 4.78 is 5.94. The van der Waals surface area contributed by atoms with E-state index >= 15 is 0 Å². The Hall–Kier alpha value is -1.72. The minimum atomic E-state index is -0.758. The number of carboxylic acid groups (broad SMARTS) is 1. The molecule has 0 saturated carbocycles. The lowest BCUT2D eigenvalue weighted by atomic mass is 10.0. The molecule has 0 radical (unpaired) electrons. The van der Waals surface area contributed by atoms with E-state index in [4.69, 9.17) is 4.74 Å². The average Bonchev–Trinajstić information content (AvgIpc) is 3.02. The minimum Gasteiger partial charge on any atom is -0.493 e. The quantitative estimate of drug-likeness (QED) is 0.875. The van der Waals surface area contributed by atoms with E-state index in [9.17, 15) is 9.90 Å². The van der Waals surface area contributed by atoms with E-state index in [1.807, 2.05) is 24.3 Å². The summed E-state index contributed by atoms with van der Waals surface area (Å²) in [5, 5.41) is 14.3. The van der Waals surface area contributed by atoms with Gasteiger partial charge in [-0.1, -0.05) is 44.2 Å². The van der Waals surface area contributed by atoms with Crippen molar-refractivity contribution in [2.45, 2.75) is 24.5 Å². The van der Waals surface area contributed by atoms with Gasteiger partial charge in [0, 0.05) is 11.9 Å². The second-order valence-electron chi connectivity index (χ2n) is 6.15. The molecule has 0 aliphatic carbocycles. The third kappa shape index (κ3) is 3.46. The first-order valence-corrected chi connectivity index (χ1v) is 8.76. The van der Waals surface area contributed by atoms with Crippen LogP contribution in [0.4, 0.5) is 0 Å². The molecule has 5 heteroatoms. The van der Waals surface area contributed by atoms with Crippen molar-refractivity contribution in [3.8, 4) is 5.75 Å². The SMILES string of the molecule is CC(C)COc1ccc([C@@H]2NC[C@H](C(=O)O)S2)c2ccccc12. The van der Waals surface area contributed by atoms with Gasteiger partial charge in [-0.2, -0.15) is 0 Å². The Morgan fingerprint density at radius 2 is 2.04 bits per heavy atom. The molecule has 0 bridgehead atoms. The maximum absolute atomic E-state index is 11.2. The molecule has 2 aromatic rings. The summed E-state index contributed by atoms with van der Waals surface area (Å²) >= 11 is 1.46. The summed E-state index contributed by atoms with van der Waals surface area (Å²) in [5.74, 6) is 0.596. The Bertz CT molecular complexity index is 716. The van der Waals surface area contributed by atoms with Crippen LogP contribution in [-0.4, -0.2) is 29.5 Å². The fourth-order valence-corrected chi connectivity index (χ4v) is 3.89. The third-order valence-corrected chi connectivity index (χ3v) is 5.23. The van der Waals surface area contributed by atoms with Crippen LogP contribution in [0.15, 0.2) is 36.4 Å². The molecule has 0 unspecified atom stereocenters. The largest absolute Gasteiger partial charge is 0.493 e. The van der Waals surface area contributed by atoms with Crippen LogP contribution in [0.3, 0.4) is 0 Å². The highest BCUT2D eigenvalue weighted by Gasteiger charge is 2.31. The van der Waals surface area contributed by atoms with Crippen molar-refractivity contribution in [2.75, 3.05) is 13.2 Å². The first kappa shape index (κ1) is 16.1. The van der Waals surface area contributed by atoms with Crippen LogP contribution in [0.1, 0.15) is 24.8 Å². The summed E-state index contributed by atoms with van der Waals surface area (Å²) in [6.07, 6.45) is 0. The average molecular weight is 331 g/mol. The second-order valence-corrected chi connectivity index (χ2v) is 7.47. The molecule has 3 rings (SSSR count). The fraction of sp³-hybridized carbons (Fsp3) is 0.389. The first-order chi connectivity index (χ1) is 11.1. The number of benzene rings is 2. The van der Waals surface area contributed by atoms with Crippen LogP contribution < -0.4 is 10.1 Å². The molecule has 1 aliphatic heterocycles. The van der Waals surface area contributed by atoms with Crippen LogP contribution in [0.2, 0.25) is 0 Å². The predicted octanol–water partition coefficient (Wildman–Crippen LogP) is 3.66. The number of thioether (sulfide) groups is 1. The number of carboxylic acids is 1. The highest BCUT2D eigenvalue weighted by Crippen LogP contribution is 2.40.